The fraction of sp³-hybridized carbons (Fsp3) is 0.611. The summed E-state index contributed by atoms with van der Waals surface area (Å²) in [5.41, 5.74) is 3.80. The number of pyridine rings is 1. The summed E-state index contributed by atoms with van der Waals surface area (Å²) in [6, 6.07) is 4.22. The molecule has 132 valence electrons. The fourth-order valence-electron chi connectivity index (χ4n) is 4.01. The van der Waals surface area contributed by atoms with E-state index in [1.54, 1.807) is 0 Å². The topological polar surface area (TPSA) is 64.2 Å². The van der Waals surface area contributed by atoms with Crippen LogP contribution in [-0.2, 0) is 6.54 Å². The van der Waals surface area contributed by atoms with Gasteiger partial charge in [0.15, 0.2) is 0 Å². The summed E-state index contributed by atoms with van der Waals surface area (Å²) in [7, 11) is 0. The highest BCUT2D eigenvalue weighted by Crippen LogP contribution is 2.32. The maximum atomic E-state index is 9.73. The van der Waals surface area contributed by atoms with Crippen LogP contribution in [0, 0.1) is 0 Å². The van der Waals surface area contributed by atoms with Gasteiger partial charge in [-0.2, -0.15) is 0 Å². The molecule has 0 radical (unpaired) electrons. The van der Waals surface area contributed by atoms with Crippen molar-refractivity contribution < 1.29 is 5.11 Å². The Bertz CT molecular complexity index is 660. The molecule has 4 rings (SSSR count). The minimum Gasteiger partial charge on any atom is -0.393 e. The predicted octanol–water partition coefficient (Wildman–Crippen LogP) is 2.41. The number of aliphatic hydroxyl groups is 1. The molecule has 24 heavy (non-hydrogen) atoms. The molecule has 3 N–H and O–H groups in total. The van der Waals surface area contributed by atoms with E-state index in [-0.39, 0.29) is 18.5 Å². The zero-order valence-electron chi connectivity index (χ0n) is 14.0. The van der Waals surface area contributed by atoms with Gasteiger partial charge >= 0.3 is 0 Å². The molecule has 2 fully saturated rings. The molecule has 0 amide bonds. The maximum absolute atomic E-state index is 9.73. The SMILES string of the molecule is Cl.OC1CCN(Cc2c(C3CCCNC3)[nH]c3ncccc23)CC1. The van der Waals surface area contributed by atoms with Crippen molar-refractivity contribution in [1.82, 2.24) is 20.2 Å². The highest BCUT2D eigenvalue weighted by atomic mass is 35.5. The zero-order valence-corrected chi connectivity index (χ0v) is 14.8. The number of H-pyrrole nitrogens is 1. The molecule has 0 spiro atoms. The van der Waals surface area contributed by atoms with Crippen molar-refractivity contribution in [2.24, 2.45) is 0 Å². The summed E-state index contributed by atoms with van der Waals surface area (Å²) in [6.45, 7) is 5.12. The molecule has 1 atom stereocenters. The van der Waals surface area contributed by atoms with E-state index < -0.39 is 0 Å². The minimum absolute atomic E-state index is 0. The molecule has 2 aliphatic heterocycles. The molecule has 2 aromatic heterocycles. The van der Waals surface area contributed by atoms with E-state index in [0.717, 1.165) is 51.2 Å². The molecular weight excluding hydrogens is 324 g/mol. The van der Waals surface area contributed by atoms with Crippen LogP contribution in [0.4, 0.5) is 0 Å². The first-order valence-electron chi connectivity index (χ1n) is 8.88. The van der Waals surface area contributed by atoms with Crippen molar-refractivity contribution in [3.05, 3.63) is 29.6 Å². The standard InChI is InChI=1S/C18H26N4O.ClH/c23-14-5-9-22(10-6-14)12-16-15-4-2-8-20-18(15)21-17(16)13-3-1-7-19-11-13;/h2,4,8,13-14,19,23H,1,3,5-7,9-12H2,(H,20,21);1H. The quantitative estimate of drug-likeness (QED) is 0.795. The number of fused-ring (bicyclic) bond motifs is 1. The monoisotopic (exact) mass is 350 g/mol. The van der Waals surface area contributed by atoms with Crippen LogP contribution < -0.4 is 5.32 Å². The van der Waals surface area contributed by atoms with E-state index in [4.69, 9.17) is 0 Å². The summed E-state index contributed by atoms with van der Waals surface area (Å²) in [4.78, 5) is 10.6. The second-order valence-corrected chi connectivity index (χ2v) is 6.97. The van der Waals surface area contributed by atoms with Gasteiger partial charge in [-0.05, 0) is 49.9 Å². The van der Waals surface area contributed by atoms with Gasteiger partial charge in [-0.25, -0.2) is 4.98 Å². The van der Waals surface area contributed by atoms with E-state index in [0.29, 0.717) is 5.92 Å². The van der Waals surface area contributed by atoms with Crippen LogP contribution in [0.25, 0.3) is 11.0 Å². The normalized spacial score (nSPS) is 23.3. The lowest BCUT2D eigenvalue weighted by atomic mass is 9.92. The van der Waals surface area contributed by atoms with Crippen LogP contribution in [0.15, 0.2) is 18.3 Å². The van der Waals surface area contributed by atoms with E-state index in [1.807, 2.05) is 12.3 Å². The van der Waals surface area contributed by atoms with Gasteiger partial charge in [-0.3, -0.25) is 4.90 Å². The first kappa shape index (κ1) is 17.7. The second-order valence-electron chi connectivity index (χ2n) is 6.97. The lowest BCUT2D eigenvalue weighted by Gasteiger charge is -2.30. The number of halogens is 1. The van der Waals surface area contributed by atoms with Crippen LogP contribution in [0.5, 0.6) is 0 Å². The van der Waals surface area contributed by atoms with Gasteiger partial charge in [0.05, 0.1) is 6.10 Å². The molecule has 2 aliphatic rings. The van der Waals surface area contributed by atoms with E-state index >= 15 is 0 Å². The van der Waals surface area contributed by atoms with Gasteiger partial charge < -0.3 is 15.4 Å². The molecular formula is C18H27ClN4O. The number of aromatic nitrogens is 2. The van der Waals surface area contributed by atoms with Crippen molar-refractivity contribution in [3.63, 3.8) is 0 Å². The fourth-order valence-corrected chi connectivity index (χ4v) is 4.01. The summed E-state index contributed by atoms with van der Waals surface area (Å²) in [6.07, 6.45) is 6.01. The molecule has 0 bridgehead atoms. The maximum Gasteiger partial charge on any atom is 0.137 e. The molecule has 0 aliphatic carbocycles. The molecule has 4 heterocycles. The molecule has 2 saturated heterocycles. The Hall–Kier alpha value is -1.14. The highest BCUT2D eigenvalue weighted by molar-refractivity contribution is 5.85. The number of rotatable bonds is 3. The van der Waals surface area contributed by atoms with Crippen LogP contribution in [-0.4, -0.2) is 52.3 Å². The molecule has 5 nitrogen and oxygen atoms in total. The van der Waals surface area contributed by atoms with Gasteiger partial charge in [-0.1, -0.05) is 0 Å². The first-order chi connectivity index (χ1) is 11.3. The number of nitrogens with one attached hydrogen (secondary N) is 2. The number of aromatic amines is 1. The molecule has 0 saturated carbocycles. The van der Waals surface area contributed by atoms with Gasteiger partial charge in [-0.15, -0.1) is 12.4 Å². The number of aliphatic hydroxyl groups excluding tert-OH is 1. The van der Waals surface area contributed by atoms with E-state index in [2.05, 4.69) is 26.3 Å². The molecule has 6 heteroatoms. The summed E-state index contributed by atoms with van der Waals surface area (Å²) < 4.78 is 0. The zero-order chi connectivity index (χ0) is 15.6. The Morgan fingerprint density at radius 3 is 2.83 bits per heavy atom. The number of hydrogen-bond acceptors (Lipinski definition) is 4. The number of piperidine rings is 2. The van der Waals surface area contributed by atoms with Crippen LogP contribution in [0.1, 0.15) is 42.9 Å². The Balaban J connectivity index is 0.00000169. The van der Waals surface area contributed by atoms with Crippen molar-refractivity contribution in [2.75, 3.05) is 26.2 Å². The summed E-state index contributed by atoms with van der Waals surface area (Å²) in [5.74, 6) is 0.559. The van der Waals surface area contributed by atoms with Crippen LogP contribution in [0.2, 0.25) is 0 Å². The summed E-state index contributed by atoms with van der Waals surface area (Å²) >= 11 is 0. The predicted molar refractivity (Wildman–Crippen MR) is 98.7 cm³/mol. The lowest BCUT2D eigenvalue weighted by molar-refractivity contribution is 0.0792. The largest absolute Gasteiger partial charge is 0.393 e. The van der Waals surface area contributed by atoms with E-state index in [9.17, 15) is 5.11 Å². The van der Waals surface area contributed by atoms with Crippen molar-refractivity contribution in [3.8, 4) is 0 Å². The number of likely N-dealkylation sites (tertiary alicyclic amines) is 1. The third-order valence-electron chi connectivity index (χ3n) is 5.35. The first-order valence-corrected chi connectivity index (χ1v) is 8.88. The Labute approximate surface area is 149 Å². The van der Waals surface area contributed by atoms with Crippen molar-refractivity contribution in [2.45, 2.75) is 44.2 Å². The van der Waals surface area contributed by atoms with Crippen molar-refractivity contribution in [1.29, 1.82) is 0 Å². The van der Waals surface area contributed by atoms with Gasteiger partial charge in [0.2, 0.25) is 0 Å². The van der Waals surface area contributed by atoms with Crippen LogP contribution >= 0.6 is 12.4 Å². The third kappa shape index (κ3) is 3.59. The average Bonchev–Trinajstić information content (AvgIpc) is 2.96. The molecule has 2 aromatic rings. The molecule has 0 aromatic carbocycles. The Morgan fingerprint density at radius 1 is 1.25 bits per heavy atom. The Morgan fingerprint density at radius 2 is 2.08 bits per heavy atom. The lowest BCUT2D eigenvalue weighted by Crippen LogP contribution is -2.36. The van der Waals surface area contributed by atoms with Gasteiger partial charge in [0.1, 0.15) is 5.65 Å². The highest BCUT2D eigenvalue weighted by Gasteiger charge is 2.25. The second kappa shape index (κ2) is 7.83. The number of hydrogen-bond donors (Lipinski definition) is 3. The van der Waals surface area contributed by atoms with Gasteiger partial charge in [0.25, 0.3) is 0 Å². The average molecular weight is 351 g/mol. The smallest absolute Gasteiger partial charge is 0.137 e. The molecule has 1 unspecified atom stereocenters. The van der Waals surface area contributed by atoms with E-state index in [1.165, 1.54) is 29.5 Å². The number of nitrogens with zero attached hydrogens (tertiary/aromatic N) is 2. The van der Waals surface area contributed by atoms with Crippen molar-refractivity contribution >= 4 is 23.4 Å². The third-order valence-corrected chi connectivity index (χ3v) is 5.35. The minimum atomic E-state index is -0.113. The Kier molecular flexibility index (Phi) is 5.76. The van der Waals surface area contributed by atoms with Gasteiger partial charge in [0, 0.05) is 49.4 Å². The summed E-state index contributed by atoms with van der Waals surface area (Å²) in [5, 5.41) is 14.5. The van der Waals surface area contributed by atoms with Crippen LogP contribution in [0.3, 0.4) is 0 Å².